The topological polar surface area (TPSA) is 63.5 Å². The van der Waals surface area contributed by atoms with Crippen LogP contribution in [0.2, 0.25) is 5.02 Å². The van der Waals surface area contributed by atoms with E-state index in [2.05, 4.69) is 6.92 Å². The number of nitrogens with zero attached hydrogens (tertiary/aromatic N) is 2. The summed E-state index contributed by atoms with van der Waals surface area (Å²) in [6, 6.07) is 4.08. The van der Waals surface area contributed by atoms with Gasteiger partial charge in [0.25, 0.3) is 11.6 Å². The van der Waals surface area contributed by atoms with Crippen molar-refractivity contribution in [2.45, 2.75) is 19.8 Å². The Hall–Kier alpha value is -1.62. The molecule has 1 saturated heterocycles. The zero-order valence-corrected chi connectivity index (χ0v) is 11.4. The summed E-state index contributed by atoms with van der Waals surface area (Å²) in [5, 5.41) is 11.3. The molecule has 1 fully saturated rings. The summed E-state index contributed by atoms with van der Waals surface area (Å²) in [4.78, 5) is 24.4. The van der Waals surface area contributed by atoms with E-state index in [0.717, 1.165) is 12.8 Å². The van der Waals surface area contributed by atoms with E-state index < -0.39 is 4.92 Å². The van der Waals surface area contributed by atoms with Gasteiger partial charge >= 0.3 is 0 Å². The maximum atomic E-state index is 12.3. The molecule has 1 aromatic carbocycles. The minimum absolute atomic E-state index is 0.0780. The number of hydrogen-bond donors (Lipinski definition) is 0. The van der Waals surface area contributed by atoms with Crippen LogP contribution in [0, 0.1) is 16.0 Å². The molecule has 1 heterocycles. The average Bonchev–Trinajstić information content (AvgIpc) is 2.86. The second kappa shape index (κ2) is 5.57. The third kappa shape index (κ3) is 2.87. The number of carbonyl (C=O) groups is 1. The van der Waals surface area contributed by atoms with Crippen LogP contribution in [0.5, 0.6) is 0 Å². The number of halogens is 1. The smallest absolute Gasteiger partial charge is 0.282 e. The van der Waals surface area contributed by atoms with Gasteiger partial charge in [-0.05, 0) is 24.5 Å². The van der Waals surface area contributed by atoms with Gasteiger partial charge in [-0.1, -0.05) is 24.9 Å². The van der Waals surface area contributed by atoms with E-state index in [9.17, 15) is 14.9 Å². The van der Waals surface area contributed by atoms with Gasteiger partial charge in [-0.25, -0.2) is 0 Å². The van der Waals surface area contributed by atoms with Crippen molar-refractivity contribution in [2.24, 2.45) is 5.92 Å². The molecule has 0 N–H and O–H groups in total. The van der Waals surface area contributed by atoms with Crippen molar-refractivity contribution in [1.29, 1.82) is 0 Å². The summed E-state index contributed by atoms with van der Waals surface area (Å²) in [5.41, 5.74) is -0.108. The molecular formula is C13H15ClN2O3. The number of amides is 1. The van der Waals surface area contributed by atoms with Crippen LogP contribution < -0.4 is 0 Å². The Morgan fingerprint density at radius 1 is 1.58 bits per heavy atom. The Morgan fingerprint density at radius 3 is 2.89 bits per heavy atom. The normalized spacial score (nSPS) is 18.6. The summed E-state index contributed by atoms with van der Waals surface area (Å²) in [6.07, 6.45) is 1.97. The van der Waals surface area contributed by atoms with E-state index in [1.807, 2.05) is 0 Å². The monoisotopic (exact) mass is 282 g/mol. The van der Waals surface area contributed by atoms with Gasteiger partial charge in [-0.15, -0.1) is 0 Å². The molecule has 1 aromatic rings. The molecule has 6 heteroatoms. The second-order valence-corrected chi connectivity index (χ2v) is 5.17. The van der Waals surface area contributed by atoms with Crippen molar-refractivity contribution in [3.8, 4) is 0 Å². The van der Waals surface area contributed by atoms with Gasteiger partial charge < -0.3 is 4.90 Å². The fraction of sp³-hybridized carbons (Fsp3) is 0.462. The molecule has 0 aliphatic carbocycles. The van der Waals surface area contributed by atoms with Crippen molar-refractivity contribution in [2.75, 3.05) is 13.1 Å². The van der Waals surface area contributed by atoms with Crippen molar-refractivity contribution in [3.05, 3.63) is 38.9 Å². The van der Waals surface area contributed by atoms with Gasteiger partial charge in [-0.3, -0.25) is 14.9 Å². The highest BCUT2D eigenvalue weighted by atomic mass is 35.5. The van der Waals surface area contributed by atoms with Crippen molar-refractivity contribution in [1.82, 2.24) is 4.90 Å². The van der Waals surface area contributed by atoms with E-state index in [0.29, 0.717) is 24.0 Å². The number of nitro groups is 1. The van der Waals surface area contributed by atoms with Crippen LogP contribution in [-0.4, -0.2) is 28.8 Å². The van der Waals surface area contributed by atoms with Crippen LogP contribution in [0.25, 0.3) is 0 Å². The highest BCUT2D eigenvalue weighted by molar-refractivity contribution is 6.31. The van der Waals surface area contributed by atoms with Gasteiger partial charge in [0.15, 0.2) is 0 Å². The van der Waals surface area contributed by atoms with Crippen LogP contribution >= 0.6 is 11.6 Å². The number of carbonyl (C=O) groups excluding carboxylic acids is 1. The Bertz CT molecular complexity index is 519. The number of benzene rings is 1. The van der Waals surface area contributed by atoms with E-state index in [-0.39, 0.29) is 17.2 Å². The lowest BCUT2D eigenvalue weighted by Gasteiger charge is -2.16. The number of likely N-dealkylation sites (tertiary alicyclic amines) is 1. The zero-order valence-electron chi connectivity index (χ0n) is 10.6. The first kappa shape index (κ1) is 13.8. The Kier molecular flexibility index (Phi) is 4.04. The summed E-state index contributed by atoms with van der Waals surface area (Å²) in [6.45, 7) is 3.40. The largest absolute Gasteiger partial charge is 0.338 e. The molecule has 1 amide bonds. The molecular weight excluding hydrogens is 268 g/mol. The van der Waals surface area contributed by atoms with Crippen LogP contribution in [0.3, 0.4) is 0 Å². The van der Waals surface area contributed by atoms with Crippen molar-refractivity contribution < 1.29 is 9.72 Å². The minimum atomic E-state index is -0.545. The molecule has 1 aliphatic heterocycles. The standard InChI is InChI=1S/C13H15ClN2O3/c1-2-9-5-6-15(8-9)13(17)11-7-10(14)3-4-12(11)16(18)19/h3-4,7,9H,2,5-6,8H2,1H3. The summed E-state index contributed by atoms with van der Waals surface area (Å²) in [7, 11) is 0. The maximum absolute atomic E-state index is 12.3. The number of nitro benzene ring substituents is 1. The number of hydrogen-bond acceptors (Lipinski definition) is 3. The fourth-order valence-electron chi connectivity index (χ4n) is 2.36. The van der Waals surface area contributed by atoms with E-state index >= 15 is 0 Å². The molecule has 0 spiro atoms. The lowest BCUT2D eigenvalue weighted by atomic mass is 10.1. The highest BCUT2D eigenvalue weighted by Gasteiger charge is 2.30. The zero-order chi connectivity index (χ0) is 14.0. The summed E-state index contributed by atoms with van der Waals surface area (Å²) in [5.74, 6) is 0.187. The molecule has 5 nitrogen and oxygen atoms in total. The maximum Gasteiger partial charge on any atom is 0.282 e. The van der Waals surface area contributed by atoms with Crippen LogP contribution in [0.15, 0.2) is 18.2 Å². The lowest BCUT2D eigenvalue weighted by Crippen LogP contribution is -2.29. The van der Waals surface area contributed by atoms with Gasteiger partial charge in [-0.2, -0.15) is 0 Å². The highest BCUT2D eigenvalue weighted by Crippen LogP contribution is 2.27. The second-order valence-electron chi connectivity index (χ2n) is 4.73. The molecule has 19 heavy (non-hydrogen) atoms. The molecule has 0 radical (unpaired) electrons. The lowest BCUT2D eigenvalue weighted by molar-refractivity contribution is -0.385. The van der Waals surface area contributed by atoms with Gasteiger partial charge in [0.2, 0.25) is 0 Å². The molecule has 0 bridgehead atoms. The quantitative estimate of drug-likeness (QED) is 0.632. The number of rotatable bonds is 3. The average molecular weight is 283 g/mol. The van der Waals surface area contributed by atoms with Crippen molar-refractivity contribution in [3.63, 3.8) is 0 Å². The molecule has 1 unspecified atom stereocenters. The Morgan fingerprint density at radius 2 is 2.32 bits per heavy atom. The van der Waals surface area contributed by atoms with Crippen LogP contribution in [0.4, 0.5) is 5.69 Å². The van der Waals surface area contributed by atoms with Crippen LogP contribution in [-0.2, 0) is 0 Å². The predicted octanol–water partition coefficient (Wildman–Crippen LogP) is 3.12. The van der Waals surface area contributed by atoms with Crippen molar-refractivity contribution >= 4 is 23.2 Å². The molecule has 0 saturated carbocycles. The fourth-order valence-corrected chi connectivity index (χ4v) is 2.53. The van der Waals surface area contributed by atoms with E-state index in [4.69, 9.17) is 11.6 Å². The Labute approximate surface area is 116 Å². The van der Waals surface area contributed by atoms with E-state index in [1.54, 1.807) is 4.90 Å². The van der Waals surface area contributed by atoms with Gasteiger partial charge in [0.1, 0.15) is 5.56 Å². The van der Waals surface area contributed by atoms with Gasteiger partial charge in [0.05, 0.1) is 4.92 Å². The van der Waals surface area contributed by atoms with Crippen LogP contribution in [0.1, 0.15) is 30.1 Å². The molecule has 1 atom stereocenters. The predicted molar refractivity (Wildman–Crippen MR) is 72.4 cm³/mol. The molecule has 102 valence electrons. The Balaban J connectivity index is 2.28. The molecule has 2 rings (SSSR count). The minimum Gasteiger partial charge on any atom is -0.338 e. The first-order chi connectivity index (χ1) is 9.02. The third-order valence-electron chi connectivity index (χ3n) is 3.54. The third-order valence-corrected chi connectivity index (χ3v) is 3.77. The van der Waals surface area contributed by atoms with E-state index in [1.165, 1.54) is 18.2 Å². The summed E-state index contributed by atoms with van der Waals surface area (Å²) < 4.78 is 0. The van der Waals surface area contributed by atoms with Gasteiger partial charge in [0, 0.05) is 24.2 Å². The SMILES string of the molecule is CCC1CCN(C(=O)c2cc(Cl)ccc2[N+](=O)[O-])C1. The summed E-state index contributed by atoms with van der Waals surface area (Å²) >= 11 is 5.83. The molecule has 1 aliphatic rings. The molecule has 0 aromatic heterocycles. The first-order valence-corrected chi connectivity index (χ1v) is 6.64. The first-order valence-electron chi connectivity index (χ1n) is 6.26.